The number of fused-ring (bicyclic) bond motifs is 1. The molecular weight excluding hydrogens is 493 g/mol. The molecule has 1 heterocycles. The van der Waals surface area contributed by atoms with Gasteiger partial charge in [0.05, 0.1) is 28.2 Å². The van der Waals surface area contributed by atoms with Crippen LogP contribution in [0.1, 0.15) is 46.6 Å². The molecule has 3 aromatic carbocycles. The number of hydrogen-bond donors (Lipinski definition) is 1. The van der Waals surface area contributed by atoms with Crippen molar-refractivity contribution in [3.8, 4) is 5.75 Å². The molecule has 1 N–H and O–H groups in total. The van der Waals surface area contributed by atoms with Gasteiger partial charge in [0.1, 0.15) is 18.2 Å². The van der Waals surface area contributed by atoms with Crippen molar-refractivity contribution in [1.82, 2.24) is 14.9 Å². The van der Waals surface area contributed by atoms with Crippen LogP contribution in [0.15, 0.2) is 60.7 Å². The van der Waals surface area contributed by atoms with Gasteiger partial charge in [0.2, 0.25) is 0 Å². The molecule has 4 rings (SSSR count). The number of carbonyl (C=O) groups is 1. The summed E-state index contributed by atoms with van der Waals surface area (Å²) in [6.45, 7) is 5.86. The molecule has 1 aromatic heterocycles. The third kappa shape index (κ3) is 6.40. The summed E-state index contributed by atoms with van der Waals surface area (Å²) in [6.07, 6.45) is 3.74. The van der Waals surface area contributed by atoms with Gasteiger partial charge in [-0.15, -0.1) is 0 Å². The second kappa shape index (κ2) is 12.3. The standard InChI is InChI=1S/C29H31Cl2N3O2/c1-20-18-22(19-21(2)28(20)31)36-17-16-34-26-13-8-7-12-25(26)33-27(34)14-4-3-9-15-32-29(35)23-10-5-6-11-24(23)30/h5-8,10-13,18-19H,3-4,9,14-17H2,1-2H3,(H,32,35). The van der Waals surface area contributed by atoms with E-state index >= 15 is 0 Å². The summed E-state index contributed by atoms with van der Waals surface area (Å²) in [5.41, 5.74) is 4.66. The first-order valence-corrected chi connectivity index (χ1v) is 13.1. The summed E-state index contributed by atoms with van der Waals surface area (Å²) in [4.78, 5) is 17.2. The number of benzene rings is 3. The van der Waals surface area contributed by atoms with Gasteiger partial charge in [-0.05, 0) is 74.2 Å². The van der Waals surface area contributed by atoms with Gasteiger partial charge in [-0.2, -0.15) is 0 Å². The predicted octanol–water partition coefficient (Wildman–Crippen LogP) is 7.18. The number of hydrogen-bond acceptors (Lipinski definition) is 3. The largest absolute Gasteiger partial charge is 0.492 e. The zero-order valence-electron chi connectivity index (χ0n) is 20.7. The van der Waals surface area contributed by atoms with Gasteiger partial charge in [-0.1, -0.05) is 53.9 Å². The number of aromatic nitrogens is 2. The van der Waals surface area contributed by atoms with Crippen molar-refractivity contribution >= 4 is 40.1 Å². The lowest BCUT2D eigenvalue weighted by Gasteiger charge is -2.13. The molecule has 1 amide bonds. The first-order valence-electron chi connectivity index (χ1n) is 12.3. The fourth-order valence-electron chi connectivity index (χ4n) is 4.34. The molecule has 0 aliphatic carbocycles. The molecule has 7 heteroatoms. The van der Waals surface area contributed by atoms with Crippen LogP contribution < -0.4 is 10.1 Å². The van der Waals surface area contributed by atoms with Crippen molar-refractivity contribution in [2.75, 3.05) is 13.2 Å². The minimum Gasteiger partial charge on any atom is -0.492 e. The molecule has 188 valence electrons. The van der Waals surface area contributed by atoms with Crippen molar-refractivity contribution in [1.29, 1.82) is 0 Å². The number of carbonyl (C=O) groups excluding carboxylic acids is 1. The minimum atomic E-state index is -0.131. The highest BCUT2D eigenvalue weighted by Crippen LogP contribution is 2.26. The zero-order chi connectivity index (χ0) is 25.5. The van der Waals surface area contributed by atoms with Crippen LogP contribution in [-0.2, 0) is 13.0 Å². The molecule has 4 aromatic rings. The van der Waals surface area contributed by atoms with Gasteiger partial charge < -0.3 is 14.6 Å². The number of nitrogens with zero attached hydrogens (tertiary/aromatic N) is 2. The molecule has 36 heavy (non-hydrogen) atoms. The van der Waals surface area contributed by atoms with Crippen molar-refractivity contribution in [3.63, 3.8) is 0 Å². The highest BCUT2D eigenvalue weighted by atomic mass is 35.5. The van der Waals surface area contributed by atoms with Crippen molar-refractivity contribution < 1.29 is 9.53 Å². The van der Waals surface area contributed by atoms with E-state index in [1.54, 1.807) is 12.1 Å². The lowest BCUT2D eigenvalue weighted by molar-refractivity contribution is 0.0953. The van der Waals surface area contributed by atoms with Crippen molar-refractivity contribution in [2.24, 2.45) is 0 Å². The van der Waals surface area contributed by atoms with E-state index in [9.17, 15) is 4.79 Å². The molecule has 0 unspecified atom stereocenters. The Labute approximate surface area is 222 Å². The molecular formula is C29H31Cl2N3O2. The number of ether oxygens (including phenoxy) is 1. The summed E-state index contributed by atoms with van der Waals surface area (Å²) >= 11 is 12.4. The van der Waals surface area contributed by atoms with E-state index in [0.29, 0.717) is 30.3 Å². The number of imidazole rings is 1. The van der Waals surface area contributed by atoms with Crippen LogP contribution in [0.3, 0.4) is 0 Å². The van der Waals surface area contributed by atoms with Crippen LogP contribution in [0.25, 0.3) is 11.0 Å². The normalized spacial score (nSPS) is 11.1. The molecule has 0 saturated heterocycles. The average molecular weight is 524 g/mol. The Morgan fingerprint density at radius 3 is 2.47 bits per heavy atom. The Morgan fingerprint density at radius 1 is 0.972 bits per heavy atom. The van der Waals surface area contributed by atoms with E-state index in [1.807, 2.05) is 56.3 Å². The maximum absolute atomic E-state index is 12.3. The fraction of sp³-hybridized carbons (Fsp3) is 0.310. The maximum Gasteiger partial charge on any atom is 0.252 e. The van der Waals surface area contributed by atoms with Crippen molar-refractivity contribution in [3.05, 3.63) is 93.2 Å². The molecule has 0 fully saturated rings. The topological polar surface area (TPSA) is 56.1 Å². The lowest BCUT2D eigenvalue weighted by atomic mass is 10.1. The quantitative estimate of drug-likeness (QED) is 0.212. The average Bonchev–Trinajstić information content (AvgIpc) is 3.22. The minimum absolute atomic E-state index is 0.131. The van der Waals surface area contributed by atoms with Gasteiger partial charge in [-0.25, -0.2) is 4.98 Å². The van der Waals surface area contributed by atoms with E-state index in [0.717, 1.165) is 64.4 Å². The molecule has 0 spiro atoms. The summed E-state index contributed by atoms with van der Waals surface area (Å²) < 4.78 is 8.32. The number of unbranched alkanes of at least 4 members (excludes halogenated alkanes) is 2. The number of amides is 1. The summed E-state index contributed by atoms with van der Waals surface area (Å²) in [5.74, 6) is 1.76. The van der Waals surface area contributed by atoms with Gasteiger partial charge in [-0.3, -0.25) is 4.79 Å². The number of aryl methyl sites for hydroxylation is 3. The van der Waals surface area contributed by atoms with Gasteiger partial charge in [0, 0.05) is 18.0 Å². The third-order valence-electron chi connectivity index (χ3n) is 6.21. The SMILES string of the molecule is Cc1cc(OCCn2c(CCCCCNC(=O)c3ccccc3Cl)nc3ccccc32)cc(C)c1Cl. The smallest absolute Gasteiger partial charge is 0.252 e. The maximum atomic E-state index is 12.3. The second-order valence-electron chi connectivity index (χ2n) is 8.93. The number of halogens is 2. The lowest BCUT2D eigenvalue weighted by Crippen LogP contribution is -2.24. The first-order chi connectivity index (χ1) is 17.4. The number of rotatable bonds is 11. The molecule has 0 bridgehead atoms. The third-order valence-corrected chi connectivity index (χ3v) is 7.13. The van der Waals surface area contributed by atoms with E-state index in [4.69, 9.17) is 32.9 Å². The summed E-state index contributed by atoms with van der Waals surface area (Å²) in [7, 11) is 0. The molecule has 0 aliphatic heterocycles. The van der Waals surface area contributed by atoms with Gasteiger partial charge in [0.25, 0.3) is 5.91 Å². The summed E-state index contributed by atoms with van der Waals surface area (Å²) in [5, 5.41) is 4.21. The van der Waals surface area contributed by atoms with E-state index in [-0.39, 0.29) is 5.91 Å². The van der Waals surface area contributed by atoms with Crippen LogP contribution in [-0.4, -0.2) is 28.6 Å². The van der Waals surface area contributed by atoms with E-state index in [1.165, 1.54) is 0 Å². The van der Waals surface area contributed by atoms with Crippen molar-refractivity contribution in [2.45, 2.75) is 46.1 Å². The molecule has 0 aliphatic rings. The van der Waals surface area contributed by atoms with Crippen LogP contribution in [0.4, 0.5) is 0 Å². The predicted molar refractivity (Wildman–Crippen MR) is 147 cm³/mol. The number of nitrogens with one attached hydrogen (secondary N) is 1. The molecule has 0 radical (unpaired) electrons. The first kappa shape index (κ1) is 26.1. The Hall–Kier alpha value is -3.02. The fourth-order valence-corrected chi connectivity index (χ4v) is 4.67. The van der Waals surface area contributed by atoms with Crippen LogP contribution >= 0.6 is 23.2 Å². The van der Waals surface area contributed by atoms with Gasteiger partial charge in [0.15, 0.2) is 0 Å². The Balaban J connectivity index is 1.30. The Bertz CT molecular complexity index is 1330. The molecule has 0 saturated carbocycles. The van der Waals surface area contributed by atoms with Crippen LogP contribution in [0, 0.1) is 13.8 Å². The van der Waals surface area contributed by atoms with Crippen LogP contribution in [0.2, 0.25) is 10.0 Å². The zero-order valence-corrected chi connectivity index (χ0v) is 22.2. The second-order valence-corrected chi connectivity index (χ2v) is 9.72. The number of para-hydroxylation sites is 2. The van der Waals surface area contributed by atoms with E-state index < -0.39 is 0 Å². The Kier molecular flexibility index (Phi) is 8.89. The molecule has 5 nitrogen and oxygen atoms in total. The molecule has 0 atom stereocenters. The monoisotopic (exact) mass is 523 g/mol. The van der Waals surface area contributed by atoms with Crippen LogP contribution in [0.5, 0.6) is 5.75 Å². The highest BCUT2D eigenvalue weighted by Gasteiger charge is 2.12. The highest BCUT2D eigenvalue weighted by molar-refractivity contribution is 6.33. The Morgan fingerprint density at radius 2 is 1.69 bits per heavy atom. The summed E-state index contributed by atoms with van der Waals surface area (Å²) in [6, 6.07) is 19.3. The van der Waals surface area contributed by atoms with E-state index in [2.05, 4.69) is 16.0 Å². The van der Waals surface area contributed by atoms with Gasteiger partial charge >= 0.3 is 0 Å².